The zero-order valence-electron chi connectivity index (χ0n) is 14.8. The van der Waals surface area contributed by atoms with E-state index in [1.54, 1.807) is 13.0 Å². The Morgan fingerprint density at radius 2 is 2.11 bits per heavy atom. The predicted octanol–water partition coefficient (Wildman–Crippen LogP) is 3.43. The fraction of sp³-hybridized carbons (Fsp3) is 0.294. The number of nitrogens with zero attached hydrogens (tertiary/aromatic N) is 4. The van der Waals surface area contributed by atoms with Crippen LogP contribution in [0.3, 0.4) is 0 Å². The number of benzene rings is 1. The molecule has 148 valence electrons. The standard InChI is InChI=1S/C17H15F4N5O2/c1-9-13(7-26(24-9)8-17(19,20)21)15(27)22-10(2)16-23-14(25-28-16)11-4-3-5-12(18)6-11/h3-7,10H,8H2,1-2H3,(H,22,27)/t10-/m0/s1. The molecule has 0 bridgehead atoms. The van der Waals surface area contributed by atoms with Gasteiger partial charge in [-0.15, -0.1) is 0 Å². The Balaban J connectivity index is 1.71. The molecule has 0 saturated carbocycles. The summed E-state index contributed by atoms with van der Waals surface area (Å²) in [4.78, 5) is 16.5. The number of halogens is 4. The summed E-state index contributed by atoms with van der Waals surface area (Å²) in [5, 5.41) is 10.0. The average molecular weight is 397 g/mol. The van der Waals surface area contributed by atoms with Gasteiger partial charge >= 0.3 is 6.18 Å². The van der Waals surface area contributed by atoms with Crippen LogP contribution >= 0.6 is 0 Å². The smallest absolute Gasteiger partial charge is 0.340 e. The van der Waals surface area contributed by atoms with Crippen LogP contribution in [0.5, 0.6) is 0 Å². The molecule has 11 heteroatoms. The maximum atomic E-state index is 13.3. The number of amides is 1. The molecule has 1 amide bonds. The van der Waals surface area contributed by atoms with E-state index in [-0.39, 0.29) is 23.0 Å². The third-order valence-corrected chi connectivity index (χ3v) is 3.77. The lowest BCUT2D eigenvalue weighted by Gasteiger charge is -2.08. The van der Waals surface area contributed by atoms with Crippen molar-refractivity contribution in [3.63, 3.8) is 0 Å². The van der Waals surface area contributed by atoms with Crippen molar-refractivity contribution >= 4 is 5.91 Å². The van der Waals surface area contributed by atoms with E-state index in [0.717, 1.165) is 6.20 Å². The summed E-state index contributed by atoms with van der Waals surface area (Å²) >= 11 is 0. The molecule has 0 aliphatic heterocycles. The van der Waals surface area contributed by atoms with E-state index in [1.807, 2.05) is 0 Å². The highest BCUT2D eigenvalue weighted by Gasteiger charge is 2.29. The van der Waals surface area contributed by atoms with Gasteiger partial charge in [-0.05, 0) is 26.0 Å². The van der Waals surface area contributed by atoms with E-state index in [0.29, 0.717) is 10.2 Å². The van der Waals surface area contributed by atoms with E-state index < -0.39 is 30.5 Å². The van der Waals surface area contributed by atoms with Crippen molar-refractivity contribution < 1.29 is 26.9 Å². The molecule has 1 N–H and O–H groups in total. The number of rotatable bonds is 5. The van der Waals surface area contributed by atoms with Gasteiger partial charge in [0.15, 0.2) is 0 Å². The molecule has 0 aliphatic carbocycles. The highest BCUT2D eigenvalue weighted by Crippen LogP contribution is 2.21. The molecule has 1 aromatic carbocycles. The van der Waals surface area contributed by atoms with Crippen molar-refractivity contribution in [3.8, 4) is 11.4 Å². The van der Waals surface area contributed by atoms with Crippen LogP contribution in [0, 0.1) is 12.7 Å². The molecular weight excluding hydrogens is 382 g/mol. The molecule has 0 radical (unpaired) electrons. The van der Waals surface area contributed by atoms with E-state index >= 15 is 0 Å². The first-order chi connectivity index (χ1) is 13.1. The third kappa shape index (κ3) is 4.53. The normalized spacial score (nSPS) is 12.8. The maximum absolute atomic E-state index is 13.3. The van der Waals surface area contributed by atoms with Gasteiger partial charge in [0.1, 0.15) is 18.4 Å². The summed E-state index contributed by atoms with van der Waals surface area (Å²) in [6.07, 6.45) is -3.42. The van der Waals surface area contributed by atoms with E-state index in [9.17, 15) is 22.4 Å². The van der Waals surface area contributed by atoms with Crippen LogP contribution in [0.4, 0.5) is 17.6 Å². The molecule has 7 nitrogen and oxygen atoms in total. The van der Waals surface area contributed by atoms with Gasteiger partial charge < -0.3 is 9.84 Å². The fourth-order valence-electron chi connectivity index (χ4n) is 2.50. The van der Waals surface area contributed by atoms with E-state index in [1.165, 1.54) is 25.1 Å². The Kier molecular flexibility index (Phi) is 5.16. The fourth-order valence-corrected chi connectivity index (χ4v) is 2.50. The van der Waals surface area contributed by atoms with Gasteiger partial charge in [0, 0.05) is 11.8 Å². The Bertz CT molecular complexity index is 996. The minimum absolute atomic E-state index is 0.000897. The van der Waals surface area contributed by atoms with E-state index in [4.69, 9.17) is 4.52 Å². The van der Waals surface area contributed by atoms with Crippen LogP contribution < -0.4 is 5.32 Å². The van der Waals surface area contributed by atoms with Crippen LogP contribution in [0.25, 0.3) is 11.4 Å². The van der Waals surface area contributed by atoms with Gasteiger partial charge in [-0.25, -0.2) is 4.39 Å². The zero-order chi connectivity index (χ0) is 20.5. The second-order valence-corrected chi connectivity index (χ2v) is 6.10. The van der Waals surface area contributed by atoms with Crippen molar-refractivity contribution in [2.75, 3.05) is 0 Å². The van der Waals surface area contributed by atoms with Gasteiger partial charge in [0.05, 0.1) is 11.3 Å². The first-order valence-corrected chi connectivity index (χ1v) is 8.13. The second-order valence-electron chi connectivity index (χ2n) is 6.10. The Morgan fingerprint density at radius 3 is 2.79 bits per heavy atom. The number of nitrogens with one attached hydrogen (secondary N) is 1. The van der Waals surface area contributed by atoms with Crippen LogP contribution in [0.2, 0.25) is 0 Å². The monoisotopic (exact) mass is 397 g/mol. The molecule has 28 heavy (non-hydrogen) atoms. The predicted molar refractivity (Wildman–Crippen MR) is 88.6 cm³/mol. The van der Waals surface area contributed by atoms with Gasteiger partial charge in [0.2, 0.25) is 11.7 Å². The lowest BCUT2D eigenvalue weighted by Crippen LogP contribution is -2.27. The summed E-state index contributed by atoms with van der Waals surface area (Å²) in [6.45, 7) is 1.70. The summed E-state index contributed by atoms with van der Waals surface area (Å²) in [7, 11) is 0. The highest BCUT2D eigenvalue weighted by atomic mass is 19.4. The molecule has 0 spiro atoms. The molecular formula is C17H15F4N5O2. The van der Waals surface area contributed by atoms with Gasteiger partial charge in [-0.1, -0.05) is 17.3 Å². The van der Waals surface area contributed by atoms with Crippen molar-refractivity contribution in [3.05, 3.63) is 53.4 Å². The SMILES string of the molecule is Cc1nn(CC(F)(F)F)cc1C(=O)N[C@@H](C)c1nc(-c2cccc(F)c2)no1. The zero-order valence-corrected chi connectivity index (χ0v) is 14.8. The lowest BCUT2D eigenvalue weighted by molar-refractivity contribution is -0.142. The van der Waals surface area contributed by atoms with Crippen molar-refractivity contribution in [2.24, 2.45) is 0 Å². The van der Waals surface area contributed by atoms with Crippen molar-refractivity contribution in [2.45, 2.75) is 32.6 Å². The summed E-state index contributed by atoms with van der Waals surface area (Å²) < 4.78 is 56.5. The molecule has 2 aromatic heterocycles. The van der Waals surface area contributed by atoms with Gasteiger partial charge in [-0.3, -0.25) is 9.48 Å². The van der Waals surface area contributed by atoms with Crippen LogP contribution in [-0.4, -0.2) is 32.0 Å². The van der Waals surface area contributed by atoms with Gasteiger partial charge in [0.25, 0.3) is 5.91 Å². The Labute approximate surface area is 156 Å². The van der Waals surface area contributed by atoms with E-state index in [2.05, 4.69) is 20.6 Å². The lowest BCUT2D eigenvalue weighted by atomic mass is 10.2. The highest BCUT2D eigenvalue weighted by molar-refractivity contribution is 5.95. The minimum atomic E-state index is -4.45. The number of hydrogen-bond acceptors (Lipinski definition) is 5. The van der Waals surface area contributed by atoms with Crippen LogP contribution in [-0.2, 0) is 6.54 Å². The Hall–Kier alpha value is -3.24. The van der Waals surface area contributed by atoms with Crippen LogP contribution in [0.1, 0.15) is 34.9 Å². The molecule has 1 atom stereocenters. The average Bonchev–Trinajstić information content (AvgIpc) is 3.20. The molecule has 2 heterocycles. The Morgan fingerprint density at radius 1 is 1.36 bits per heavy atom. The second kappa shape index (κ2) is 7.41. The third-order valence-electron chi connectivity index (χ3n) is 3.77. The number of hydrogen-bond donors (Lipinski definition) is 1. The number of carbonyl (C=O) groups is 1. The molecule has 0 saturated heterocycles. The topological polar surface area (TPSA) is 85.8 Å². The molecule has 3 rings (SSSR count). The van der Waals surface area contributed by atoms with Crippen molar-refractivity contribution in [1.29, 1.82) is 0 Å². The molecule has 0 fully saturated rings. The number of aromatic nitrogens is 4. The minimum Gasteiger partial charge on any atom is -0.340 e. The number of carbonyl (C=O) groups excluding carboxylic acids is 1. The number of aryl methyl sites for hydroxylation is 1. The van der Waals surface area contributed by atoms with Gasteiger partial charge in [-0.2, -0.15) is 23.3 Å². The first kappa shape index (κ1) is 19.5. The maximum Gasteiger partial charge on any atom is 0.408 e. The summed E-state index contributed by atoms with van der Waals surface area (Å²) in [6, 6.07) is 4.87. The van der Waals surface area contributed by atoms with Crippen molar-refractivity contribution in [1.82, 2.24) is 25.2 Å². The summed E-state index contributed by atoms with van der Waals surface area (Å²) in [5.74, 6) is -0.891. The molecule has 0 unspecified atom stereocenters. The summed E-state index contributed by atoms with van der Waals surface area (Å²) in [5.41, 5.74) is 0.554. The quantitative estimate of drug-likeness (QED) is 0.667. The number of alkyl halides is 3. The molecule has 0 aliphatic rings. The van der Waals surface area contributed by atoms with Crippen LogP contribution in [0.15, 0.2) is 35.0 Å². The first-order valence-electron chi connectivity index (χ1n) is 8.13. The molecule has 3 aromatic rings. The largest absolute Gasteiger partial charge is 0.408 e.